The molecule has 6 nitrogen and oxygen atoms in total. The molecule has 1 amide bonds. The lowest BCUT2D eigenvalue weighted by molar-refractivity contribution is -0.118. The number of hydrogen-bond donors (Lipinski definition) is 1. The zero-order valence-electron chi connectivity index (χ0n) is 15.7. The highest BCUT2D eigenvalue weighted by atomic mass is 32.2. The van der Waals surface area contributed by atoms with E-state index in [1.807, 2.05) is 37.3 Å². The molecular weight excluding hydrogens is 394 g/mol. The smallest absolute Gasteiger partial charge is 0.243 e. The van der Waals surface area contributed by atoms with Crippen LogP contribution >= 0.6 is 11.8 Å². The van der Waals surface area contributed by atoms with Crippen LogP contribution in [-0.4, -0.2) is 50.6 Å². The fraction of sp³-hybridized carbons (Fsp3) is 0.350. The van der Waals surface area contributed by atoms with Gasteiger partial charge in [-0.1, -0.05) is 25.1 Å². The molecule has 1 fully saturated rings. The van der Waals surface area contributed by atoms with Crippen LogP contribution in [0, 0.1) is 5.92 Å². The molecule has 0 bridgehead atoms. The normalized spacial score (nSPS) is 21.0. The second-order valence-corrected chi connectivity index (χ2v) is 10.1. The number of piperazine rings is 1. The fourth-order valence-electron chi connectivity index (χ4n) is 3.41. The first-order chi connectivity index (χ1) is 13.4. The van der Waals surface area contributed by atoms with Crippen molar-refractivity contribution in [2.75, 3.05) is 42.1 Å². The molecule has 1 atom stereocenters. The molecule has 2 heterocycles. The van der Waals surface area contributed by atoms with Crippen molar-refractivity contribution in [3.05, 3.63) is 48.5 Å². The fourth-order valence-corrected chi connectivity index (χ4v) is 5.87. The van der Waals surface area contributed by atoms with Gasteiger partial charge in [0.15, 0.2) is 0 Å². The highest BCUT2D eigenvalue weighted by Crippen LogP contribution is 2.35. The minimum atomic E-state index is -3.60. The highest BCUT2D eigenvalue weighted by molar-refractivity contribution is 7.99. The van der Waals surface area contributed by atoms with E-state index in [1.54, 1.807) is 30.0 Å². The van der Waals surface area contributed by atoms with Crippen molar-refractivity contribution in [2.24, 2.45) is 5.92 Å². The molecule has 2 aliphatic heterocycles. The SMILES string of the molecule is C[C@H]1CSc2ccc(S(=O)(=O)N3CCN(c4ccccc4)CC3)cc2NC1=O. The van der Waals surface area contributed by atoms with E-state index in [9.17, 15) is 13.2 Å². The number of hydrogen-bond acceptors (Lipinski definition) is 5. The highest BCUT2D eigenvalue weighted by Gasteiger charge is 2.30. The number of anilines is 2. The minimum absolute atomic E-state index is 0.0720. The van der Waals surface area contributed by atoms with Gasteiger partial charge in [0.2, 0.25) is 15.9 Å². The summed E-state index contributed by atoms with van der Waals surface area (Å²) in [6.07, 6.45) is 0. The molecule has 2 aromatic carbocycles. The largest absolute Gasteiger partial charge is 0.369 e. The maximum atomic E-state index is 13.1. The van der Waals surface area contributed by atoms with E-state index in [0.29, 0.717) is 37.6 Å². The quantitative estimate of drug-likeness (QED) is 0.832. The lowest BCUT2D eigenvalue weighted by Gasteiger charge is -2.35. The standard InChI is InChI=1S/C20H23N3O3S2/c1-15-14-27-19-8-7-17(13-18(19)21-20(15)24)28(25,26)23-11-9-22(10-12-23)16-5-3-2-4-6-16/h2-8,13,15H,9-12,14H2,1H3,(H,21,24)/t15-/m0/s1. The van der Waals surface area contributed by atoms with Crippen molar-refractivity contribution in [1.29, 1.82) is 0 Å². The van der Waals surface area contributed by atoms with Gasteiger partial charge in [-0.2, -0.15) is 4.31 Å². The Hall–Kier alpha value is -2.03. The maximum Gasteiger partial charge on any atom is 0.243 e. The number of para-hydroxylation sites is 1. The van der Waals surface area contributed by atoms with Crippen molar-refractivity contribution >= 4 is 39.1 Å². The van der Waals surface area contributed by atoms with Crippen LogP contribution in [0.3, 0.4) is 0 Å². The lowest BCUT2D eigenvalue weighted by atomic mass is 10.2. The van der Waals surface area contributed by atoms with Gasteiger partial charge >= 0.3 is 0 Å². The Morgan fingerprint density at radius 3 is 2.46 bits per heavy atom. The van der Waals surface area contributed by atoms with Crippen LogP contribution in [0.25, 0.3) is 0 Å². The van der Waals surface area contributed by atoms with Crippen molar-refractivity contribution in [3.8, 4) is 0 Å². The molecule has 0 unspecified atom stereocenters. The molecular formula is C20H23N3O3S2. The van der Waals surface area contributed by atoms with Crippen molar-refractivity contribution in [2.45, 2.75) is 16.7 Å². The second-order valence-electron chi connectivity index (χ2n) is 7.09. The molecule has 0 aliphatic carbocycles. The Morgan fingerprint density at radius 1 is 1.04 bits per heavy atom. The van der Waals surface area contributed by atoms with Gasteiger partial charge in [0.05, 0.1) is 10.6 Å². The van der Waals surface area contributed by atoms with Crippen LogP contribution in [0.1, 0.15) is 6.92 Å². The van der Waals surface area contributed by atoms with Crippen molar-refractivity contribution in [3.63, 3.8) is 0 Å². The van der Waals surface area contributed by atoms with Gasteiger partial charge in [-0.3, -0.25) is 4.79 Å². The minimum Gasteiger partial charge on any atom is -0.369 e. The number of amides is 1. The summed E-state index contributed by atoms with van der Waals surface area (Å²) in [6.45, 7) is 4.05. The average Bonchev–Trinajstić information content (AvgIpc) is 2.86. The van der Waals surface area contributed by atoms with E-state index < -0.39 is 10.0 Å². The number of nitrogens with zero attached hydrogens (tertiary/aromatic N) is 2. The van der Waals surface area contributed by atoms with Gasteiger partial charge in [-0.25, -0.2) is 8.42 Å². The second kappa shape index (κ2) is 7.77. The third-order valence-corrected chi connectivity index (χ3v) is 8.37. The predicted octanol–water partition coefficient (Wildman–Crippen LogP) is 2.88. The monoisotopic (exact) mass is 417 g/mol. The van der Waals surface area contributed by atoms with Crippen LogP contribution in [0.5, 0.6) is 0 Å². The average molecular weight is 418 g/mol. The van der Waals surface area contributed by atoms with Gasteiger partial charge in [-0.15, -0.1) is 11.8 Å². The molecule has 2 aliphatic rings. The summed E-state index contributed by atoms with van der Waals surface area (Å²) >= 11 is 1.58. The molecule has 1 saturated heterocycles. The Balaban J connectivity index is 1.52. The summed E-state index contributed by atoms with van der Waals surface area (Å²) in [5.41, 5.74) is 1.70. The molecule has 0 spiro atoms. The molecule has 148 valence electrons. The van der Waals surface area contributed by atoms with E-state index in [-0.39, 0.29) is 16.7 Å². The summed E-state index contributed by atoms with van der Waals surface area (Å²) in [6, 6.07) is 15.1. The molecule has 4 rings (SSSR count). The molecule has 0 saturated carbocycles. The predicted molar refractivity (Wildman–Crippen MR) is 112 cm³/mol. The van der Waals surface area contributed by atoms with E-state index in [2.05, 4.69) is 10.2 Å². The first-order valence-electron chi connectivity index (χ1n) is 9.33. The lowest BCUT2D eigenvalue weighted by Crippen LogP contribution is -2.48. The summed E-state index contributed by atoms with van der Waals surface area (Å²) in [4.78, 5) is 15.5. The molecule has 0 radical (unpaired) electrons. The number of carbonyl (C=O) groups excluding carboxylic acids is 1. The molecule has 28 heavy (non-hydrogen) atoms. The van der Waals surface area contributed by atoms with Crippen molar-refractivity contribution < 1.29 is 13.2 Å². The van der Waals surface area contributed by atoms with Gasteiger partial charge in [0.25, 0.3) is 0 Å². The summed E-state index contributed by atoms with van der Waals surface area (Å²) in [5.74, 6) is 0.507. The number of carbonyl (C=O) groups is 1. The van der Waals surface area contributed by atoms with E-state index >= 15 is 0 Å². The zero-order chi connectivity index (χ0) is 19.7. The maximum absolute atomic E-state index is 13.1. The van der Waals surface area contributed by atoms with E-state index in [4.69, 9.17) is 0 Å². The molecule has 0 aromatic heterocycles. The van der Waals surface area contributed by atoms with E-state index in [1.165, 1.54) is 4.31 Å². The number of benzene rings is 2. The first kappa shape index (κ1) is 19.3. The Kier molecular flexibility index (Phi) is 5.35. The van der Waals surface area contributed by atoms with E-state index in [0.717, 1.165) is 10.6 Å². The number of thioether (sulfide) groups is 1. The van der Waals surface area contributed by atoms with Crippen LogP contribution < -0.4 is 10.2 Å². The topological polar surface area (TPSA) is 69.7 Å². The van der Waals surface area contributed by atoms with Gasteiger partial charge in [-0.05, 0) is 30.3 Å². The zero-order valence-corrected chi connectivity index (χ0v) is 17.3. The number of rotatable bonds is 3. The number of fused-ring (bicyclic) bond motifs is 1. The molecule has 2 aromatic rings. The van der Waals surface area contributed by atoms with Crippen LogP contribution in [0.15, 0.2) is 58.3 Å². The van der Waals surface area contributed by atoms with Gasteiger partial charge in [0, 0.05) is 48.4 Å². The van der Waals surface area contributed by atoms with Crippen LogP contribution in [0.2, 0.25) is 0 Å². The molecule has 8 heteroatoms. The first-order valence-corrected chi connectivity index (χ1v) is 11.8. The number of sulfonamides is 1. The number of nitrogens with one attached hydrogen (secondary N) is 1. The third-order valence-electron chi connectivity index (χ3n) is 5.14. The summed E-state index contributed by atoms with van der Waals surface area (Å²) in [5, 5.41) is 2.87. The Labute approximate surface area is 170 Å². The van der Waals surface area contributed by atoms with Gasteiger partial charge in [0.1, 0.15) is 0 Å². The van der Waals surface area contributed by atoms with Crippen molar-refractivity contribution in [1.82, 2.24) is 4.31 Å². The van der Waals surface area contributed by atoms with Crippen LogP contribution in [0.4, 0.5) is 11.4 Å². The third kappa shape index (κ3) is 3.76. The summed E-state index contributed by atoms with van der Waals surface area (Å²) < 4.78 is 27.8. The Bertz CT molecular complexity index is 971. The van der Waals surface area contributed by atoms with Crippen LogP contribution in [-0.2, 0) is 14.8 Å². The Morgan fingerprint density at radius 2 is 1.75 bits per heavy atom. The van der Waals surface area contributed by atoms with Gasteiger partial charge < -0.3 is 10.2 Å². The molecule has 1 N–H and O–H groups in total. The summed E-state index contributed by atoms with van der Waals surface area (Å²) in [7, 11) is -3.60.